The number of halogens is 2. The number of carbonyl (C=O) groups is 2. The van der Waals surface area contributed by atoms with Gasteiger partial charge in [-0.2, -0.15) is 0 Å². The SMILES string of the molecule is O=C(Cc1c(F)cccc1Cl)NCC(=O)N1CCNCC1. The van der Waals surface area contributed by atoms with Gasteiger partial charge < -0.3 is 15.5 Å². The fourth-order valence-electron chi connectivity index (χ4n) is 2.12. The van der Waals surface area contributed by atoms with E-state index < -0.39 is 11.7 Å². The number of nitrogens with zero attached hydrogens (tertiary/aromatic N) is 1. The number of nitrogens with one attached hydrogen (secondary N) is 2. The van der Waals surface area contributed by atoms with E-state index in [1.54, 1.807) is 4.90 Å². The molecule has 1 fully saturated rings. The van der Waals surface area contributed by atoms with Crippen LogP contribution in [0.5, 0.6) is 0 Å². The van der Waals surface area contributed by atoms with Crippen LogP contribution in [0.1, 0.15) is 5.56 Å². The molecule has 2 amide bonds. The van der Waals surface area contributed by atoms with Gasteiger partial charge in [0, 0.05) is 36.8 Å². The van der Waals surface area contributed by atoms with Gasteiger partial charge in [-0.15, -0.1) is 0 Å². The molecule has 0 spiro atoms. The molecule has 1 saturated heterocycles. The van der Waals surface area contributed by atoms with Crippen molar-refractivity contribution in [3.8, 4) is 0 Å². The Balaban J connectivity index is 1.83. The highest BCUT2D eigenvalue weighted by molar-refractivity contribution is 6.31. The normalized spacial score (nSPS) is 14.9. The molecule has 0 bridgehead atoms. The molecule has 0 aromatic heterocycles. The van der Waals surface area contributed by atoms with Crippen LogP contribution in [0.3, 0.4) is 0 Å². The quantitative estimate of drug-likeness (QED) is 0.854. The van der Waals surface area contributed by atoms with E-state index in [0.29, 0.717) is 13.1 Å². The Morgan fingerprint density at radius 1 is 1.33 bits per heavy atom. The van der Waals surface area contributed by atoms with Crippen molar-refractivity contribution in [1.82, 2.24) is 15.5 Å². The molecule has 1 heterocycles. The van der Waals surface area contributed by atoms with E-state index in [9.17, 15) is 14.0 Å². The summed E-state index contributed by atoms with van der Waals surface area (Å²) in [5.74, 6) is -1.08. The molecule has 1 aliphatic rings. The van der Waals surface area contributed by atoms with Crippen molar-refractivity contribution in [2.45, 2.75) is 6.42 Å². The van der Waals surface area contributed by atoms with Crippen molar-refractivity contribution in [1.29, 1.82) is 0 Å². The molecular weight excluding hydrogens is 297 g/mol. The van der Waals surface area contributed by atoms with E-state index in [4.69, 9.17) is 11.6 Å². The van der Waals surface area contributed by atoms with Crippen LogP contribution in [0.4, 0.5) is 4.39 Å². The lowest BCUT2D eigenvalue weighted by Gasteiger charge is -2.27. The molecule has 1 aliphatic heterocycles. The van der Waals surface area contributed by atoms with E-state index in [2.05, 4.69) is 10.6 Å². The first kappa shape index (κ1) is 15.7. The first-order valence-corrected chi connectivity index (χ1v) is 7.14. The second-order valence-electron chi connectivity index (χ2n) is 4.78. The van der Waals surface area contributed by atoms with E-state index >= 15 is 0 Å². The van der Waals surface area contributed by atoms with Crippen LogP contribution in [0, 0.1) is 5.82 Å². The van der Waals surface area contributed by atoms with Gasteiger partial charge in [0.2, 0.25) is 11.8 Å². The number of hydrogen-bond acceptors (Lipinski definition) is 3. The Morgan fingerprint density at radius 2 is 2.05 bits per heavy atom. The molecule has 0 radical (unpaired) electrons. The Hall–Kier alpha value is -1.66. The average molecular weight is 314 g/mol. The van der Waals surface area contributed by atoms with Gasteiger partial charge in [-0.1, -0.05) is 17.7 Å². The van der Waals surface area contributed by atoms with Crippen molar-refractivity contribution in [3.05, 3.63) is 34.6 Å². The minimum absolute atomic E-state index is 0.0785. The van der Waals surface area contributed by atoms with E-state index in [-0.39, 0.29) is 29.5 Å². The fourth-order valence-corrected chi connectivity index (χ4v) is 2.35. The van der Waals surface area contributed by atoms with Crippen molar-refractivity contribution < 1.29 is 14.0 Å². The molecule has 0 unspecified atom stereocenters. The molecule has 0 atom stereocenters. The molecule has 21 heavy (non-hydrogen) atoms. The third-order valence-electron chi connectivity index (χ3n) is 3.31. The minimum atomic E-state index is -0.522. The van der Waals surface area contributed by atoms with E-state index in [0.717, 1.165) is 13.1 Å². The van der Waals surface area contributed by atoms with Gasteiger partial charge in [-0.25, -0.2) is 4.39 Å². The predicted molar refractivity (Wildman–Crippen MR) is 77.6 cm³/mol. The first-order valence-electron chi connectivity index (χ1n) is 6.76. The summed E-state index contributed by atoms with van der Waals surface area (Å²) in [4.78, 5) is 25.3. The molecule has 7 heteroatoms. The highest BCUT2D eigenvalue weighted by Crippen LogP contribution is 2.19. The second-order valence-corrected chi connectivity index (χ2v) is 5.19. The summed E-state index contributed by atoms with van der Waals surface area (Å²) in [6, 6.07) is 4.26. The molecule has 0 saturated carbocycles. The zero-order valence-electron chi connectivity index (χ0n) is 11.5. The number of piperazine rings is 1. The Kier molecular flexibility index (Phi) is 5.52. The molecule has 114 valence electrons. The molecule has 1 aromatic carbocycles. The Morgan fingerprint density at radius 3 is 2.71 bits per heavy atom. The van der Waals surface area contributed by atoms with Crippen LogP contribution in [-0.2, 0) is 16.0 Å². The second kappa shape index (κ2) is 7.38. The lowest BCUT2D eigenvalue weighted by Crippen LogP contribution is -2.49. The highest BCUT2D eigenvalue weighted by atomic mass is 35.5. The maximum Gasteiger partial charge on any atom is 0.242 e. The summed E-state index contributed by atoms with van der Waals surface area (Å²) in [6.45, 7) is 2.70. The molecular formula is C14H17ClFN3O2. The van der Waals surface area contributed by atoms with Crippen LogP contribution < -0.4 is 10.6 Å². The number of benzene rings is 1. The maximum atomic E-state index is 13.6. The van der Waals surface area contributed by atoms with Gasteiger partial charge in [-0.3, -0.25) is 9.59 Å². The van der Waals surface area contributed by atoms with Gasteiger partial charge in [-0.05, 0) is 12.1 Å². The van der Waals surface area contributed by atoms with Gasteiger partial charge >= 0.3 is 0 Å². The van der Waals surface area contributed by atoms with Gasteiger partial charge in [0.25, 0.3) is 0 Å². The summed E-state index contributed by atoms with van der Waals surface area (Å²) in [5, 5.41) is 5.86. The van der Waals surface area contributed by atoms with Crippen molar-refractivity contribution in [3.63, 3.8) is 0 Å². The average Bonchev–Trinajstić information content (AvgIpc) is 2.49. The van der Waals surface area contributed by atoms with Crippen LogP contribution in [-0.4, -0.2) is 49.4 Å². The van der Waals surface area contributed by atoms with Crippen LogP contribution in [0.2, 0.25) is 5.02 Å². The first-order chi connectivity index (χ1) is 10.1. The summed E-state index contributed by atoms with van der Waals surface area (Å²) < 4.78 is 13.6. The molecule has 2 rings (SSSR count). The molecule has 5 nitrogen and oxygen atoms in total. The summed E-state index contributed by atoms with van der Waals surface area (Å²) in [7, 11) is 0. The Labute approximate surface area is 127 Å². The van der Waals surface area contributed by atoms with Gasteiger partial charge in [0.15, 0.2) is 0 Å². The lowest BCUT2D eigenvalue weighted by molar-refractivity contribution is -0.133. The van der Waals surface area contributed by atoms with Crippen LogP contribution >= 0.6 is 11.6 Å². The van der Waals surface area contributed by atoms with E-state index in [1.807, 2.05) is 0 Å². The topological polar surface area (TPSA) is 61.4 Å². The smallest absolute Gasteiger partial charge is 0.242 e. The standard InChI is InChI=1S/C14H17ClFN3O2/c15-11-2-1-3-12(16)10(11)8-13(20)18-9-14(21)19-6-4-17-5-7-19/h1-3,17H,4-9H2,(H,18,20). The van der Waals surface area contributed by atoms with Gasteiger partial charge in [0.05, 0.1) is 13.0 Å². The summed E-state index contributed by atoms with van der Waals surface area (Å²) in [6.07, 6.45) is -0.180. The molecule has 1 aromatic rings. The molecule has 2 N–H and O–H groups in total. The third-order valence-corrected chi connectivity index (χ3v) is 3.66. The van der Waals surface area contributed by atoms with E-state index in [1.165, 1.54) is 18.2 Å². The zero-order valence-corrected chi connectivity index (χ0v) is 12.3. The summed E-state index contributed by atoms with van der Waals surface area (Å²) in [5.41, 5.74) is 0.145. The highest BCUT2D eigenvalue weighted by Gasteiger charge is 2.17. The fraction of sp³-hybridized carbons (Fsp3) is 0.429. The summed E-state index contributed by atoms with van der Waals surface area (Å²) >= 11 is 5.86. The minimum Gasteiger partial charge on any atom is -0.347 e. The monoisotopic (exact) mass is 313 g/mol. The number of hydrogen-bond donors (Lipinski definition) is 2. The number of rotatable bonds is 4. The largest absolute Gasteiger partial charge is 0.347 e. The number of carbonyl (C=O) groups excluding carboxylic acids is 2. The van der Waals surface area contributed by atoms with Gasteiger partial charge in [0.1, 0.15) is 5.82 Å². The lowest BCUT2D eigenvalue weighted by atomic mass is 10.1. The maximum absolute atomic E-state index is 13.6. The predicted octanol–water partition coefficient (Wildman–Crippen LogP) is 0.570. The van der Waals surface area contributed by atoms with Crippen molar-refractivity contribution in [2.75, 3.05) is 32.7 Å². The van der Waals surface area contributed by atoms with Crippen molar-refractivity contribution >= 4 is 23.4 Å². The Bertz CT molecular complexity index is 513. The zero-order chi connectivity index (χ0) is 15.2. The number of amides is 2. The molecule has 0 aliphatic carbocycles. The van der Waals surface area contributed by atoms with Crippen LogP contribution in [0.15, 0.2) is 18.2 Å². The van der Waals surface area contributed by atoms with Crippen LogP contribution in [0.25, 0.3) is 0 Å². The van der Waals surface area contributed by atoms with Crippen molar-refractivity contribution in [2.24, 2.45) is 0 Å². The third kappa shape index (κ3) is 4.41.